The molecule has 7 heteroatoms. The number of benzene rings is 1. The number of aromatic nitrogens is 2. The van der Waals surface area contributed by atoms with Crippen molar-refractivity contribution in [2.24, 2.45) is 7.05 Å². The summed E-state index contributed by atoms with van der Waals surface area (Å²) < 4.78 is 7.69. The van der Waals surface area contributed by atoms with E-state index in [1.165, 1.54) is 15.9 Å². The van der Waals surface area contributed by atoms with Gasteiger partial charge in [0, 0.05) is 49.4 Å². The van der Waals surface area contributed by atoms with Gasteiger partial charge in [0.15, 0.2) is 0 Å². The van der Waals surface area contributed by atoms with Gasteiger partial charge in [-0.25, -0.2) is 0 Å². The van der Waals surface area contributed by atoms with E-state index in [0.717, 1.165) is 28.6 Å². The van der Waals surface area contributed by atoms with Crippen molar-refractivity contribution >= 4 is 28.1 Å². The third kappa shape index (κ3) is 3.72. The Labute approximate surface area is 183 Å². The maximum absolute atomic E-state index is 13.4. The summed E-state index contributed by atoms with van der Waals surface area (Å²) in [5.41, 5.74) is 2.79. The van der Waals surface area contributed by atoms with Gasteiger partial charge in [0.25, 0.3) is 11.5 Å². The summed E-state index contributed by atoms with van der Waals surface area (Å²) in [6.45, 7) is 1.10. The van der Waals surface area contributed by atoms with E-state index in [4.69, 9.17) is 4.74 Å². The molecule has 0 radical (unpaired) electrons. The Kier molecular flexibility index (Phi) is 5.03. The first-order valence-electron chi connectivity index (χ1n) is 10.1. The lowest BCUT2D eigenvalue weighted by Gasteiger charge is -2.19. The van der Waals surface area contributed by atoms with E-state index in [1.807, 2.05) is 47.2 Å². The zero-order valence-corrected chi connectivity index (χ0v) is 17.8. The van der Waals surface area contributed by atoms with Crippen molar-refractivity contribution in [1.29, 1.82) is 0 Å². The third-order valence-electron chi connectivity index (χ3n) is 5.61. The Hall–Kier alpha value is -3.45. The fourth-order valence-electron chi connectivity index (χ4n) is 3.99. The van der Waals surface area contributed by atoms with Gasteiger partial charge < -0.3 is 14.2 Å². The Morgan fingerprint density at radius 2 is 2.10 bits per heavy atom. The molecule has 0 N–H and O–H groups in total. The van der Waals surface area contributed by atoms with Crippen LogP contribution in [0.15, 0.2) is 70.4 Å². The minimum atomic E-state index is -0.135. The van der Waals surface area contributed by atoms with Crippen molar-refractivity contribution in [3.8, 4) is 16.9 Å². The van der Waals surface area contributed by atoms with E-state index < -0.39 is 0 Å². The molecule has 31 heavy (non-hydrogen) atoms. The van der Waals surface area contributed by atoms with Crippen LogP contribution in [0.4, 0.5) is 0 Å². The zero-order valence-electron chi connectivity index (χ0n) is 17.0. The van der Waals surface area contributed by atoms with Crippen LogP contribution in [-0.4, -0.2) is 39.6 Å². The van der Waals surface area contributed by atoms with Gasteiger partial charge in [0.2, 0.25) is 0 Å². The number of aryl methyl sites for hydroxylation is 1. The van der Waals surface area contributed by atoms with Crippen molar-refractivity contribution in [3.63, 3.8) is 0 Å². The van der Waals surface area contributed by atoms with Crippen LogP contribution in [0, 0.1) is 0 Å². The number of likely N-dealkylation sites (tertiary alicyclic amines) is 1. The molecule has 0 saturated carbocycles. The van der Waals surface area contributed by atoms with E-state index in [0.29, 0.717) is 24.2 Å². The topological polar surface area (TPSA) is 64.4 Å². The van der Waals surface area contributed by atoms with E-state index in [9.17, 15) is 9.59 Å². The summed E-state index contributed by atoms with van der Waals surface area (Å²) >= 11 is 1.54. The molecule has 1 fully saturated rings. The second-order valence-corrected chi connectivity index (χ2v) is 8.45. The van der Waals surface area contributed by atoms with Crippen LogP contribution in [0.3, 0.4) is 0 Å². The first-order chi connectivity index (χ1) is 15.1. The van der Waals surface area contributed by atoms with Crippen molar-refractivity contribution in [2.45, 2.75) is 12.5 Å². The molecule has 5 rings (SSSR count). The molecule has 3 aromatic heterocycles. The summed E-state index contributed by atoms with van der Waals surface area (Å²) in [6, 6.07) is 13.3. The Balaban J connectivity index is 1.39. The molecule has 0 bridgehead atoms. The second kappa shape index (κ2) is 8.00. The number of carbonyl (C=O) groups is 1. The largest absolute Gasteiger partial charge is 0.486 e. The summed E-state index contributed by atoms with van der Waals surface area (Å²) in [5.74, 6) is 0.650. The quantitative estimate of drug-likeness (QED) is 0.491. The highest BCUT2D eigenvalue weighted by Gasteiger charge is 2.30. The summed E-state index contributed by atoms with van der Waals surface area (Å²) in [5, 5.41) is 4.92. The second-order valence-electron chi connectivity index (χ2n) is 7.67. The molecule has 1 aliphatic rings. The molecular formula is C24H21N3O3S. The number of carbonyl (C=O) groups excluding carboxylic acids is 1. The number of hydrogen-bond acceptors (Lipinski definition) is 5. The van der Waals surface area contributed by atoms with Crippen LogP contribution in [0.5, 0.6) is 5.75 Å². The maximum Gasteiger partial charge on any atom is 0.256 e. The molecule has 4 aromatic rings. The average molecular weight is 432 g/mol. The monoisotopic (exact) mass is 431 g/mol. The predicted molar refractivity (Wildman–Crippen MR) is 122 cm³/mol. The number of nitrogens with zero attached hydrogens (tertiary/aromatic N) is 3. The summed E-state index contributed by atoms with van der Waals surface area (Å²) in [7, 11) is 1.67. The van der Waals surface area contributed by atoms with E-state index >= 15 is 0 Å². The molecule has 1 aliphatic heterocycles. The summed E-state index contributed by atoms with van der Waals surface area (Å²) in [4.78, 5) is 31.8. The van der Waals surface area contributed by atoms with E-state index in [1.54, 1.807) is 30.4 Å². The van der Waals surface area contributed by atoms with E-state index in [-0.39, 0.29) is 17.6 Å². The number of fused-ring (bicyclic) bond motifs is 1. The SMILES string of the molecule is Cn1cc(C(=O)N2CCC(Oc3cccc4cccnc34)C2)c(-c2ccsc2)cc1=O. The molecule has 1 amide bonds. The first kappa shape index (κ1) is 19.5. The fraction of sp³-hybridized carbons (Fsp3) is 0.208. The minimum Gasteiger partial charge on any atom is -0.486 e. The zero-order chi connectivity index (χ0) is 21.4. The molecule has 0 aliphatic carbocycles. The molecule has 0 spiro atoms. The van der Waals surface area contributed by atoms with Gasteiger partial charge in [-0.15, -0.1) is 0 Å². The van der Waals surface area contributed by atoms with Crippen LogP contribution in [0.2, 0.25) is 0 Å². The maximum atomic E-state index is 13.4. The molecule has 6 nitrogen and oxygen atoms in total. The molecule has 1 saturated heterocycles. The van der Waals surface area contributed by atoms with Gasteiger partial charge in [0.05, 0.1) is 12.1 Å². The van der Waals surface area contributed by atoms with Crippen LogP contribution in [0.1, 0.15) is 16.8 Å². The highest BCUT2D eigenvalue weighted by molar-refractivity contribution is 7.08. The average Bonchev–Trinajstić information content (AvgIpc) is 3.48. The number of amides is 1. The minimum absolute atomic E-state index is 0.0843. The van der Waals surface area contributed by atoms with Crippen molar-refractivity contribution in [2.75, 3.05) is 13.1 Å². The van der Waals surface area contributed by atoms with Crippen molar-refractivity contribution < 1.29 is 9.53 Å². The lowest BCUT2D eigenvalue weighted by atomic mass is 10.0. The third-order valence-corrected chi connectivity index (χ3v) is 6.30. The van der Waals surface area contributed by atoms with Gasteiger partial charge in [-0.3, -0.25) is 14.6 Å². The number of para-hydroxylation sites is 1. The number of thiophene rings is 1. The summed E-state index contributed by atoms with van der Waals surface area (Å²) in [6.07, 6.45) is 4.04. The van der Waals surface area contributed by atoms with Crippen LogP contribution >= 0.6 is 11.3 Å². The van der Waals surface area contributed by atoms with Gasteiger partial charge in [-0.2, -0.15) is 11.3 Å². The molecular weight excluding hydrogens is 410 g/mol. The normalized spacial score (nSPS) is 16.0. The first-order valence-corrected chi connectivity index (χ1v) is 11.1. The predicted octanol–water partition coefficient (Wildman–Crippen LogP) is 3.96. The standard InChI is InChI=1S/C24H21N3O3S/c1-26-14-20(19(12-22(26)28)17-8-11-31-15-17)24(29)27-10-7-18(13-27)30-21-6-2-4-16-5-3-9-25-23(16)21/h2-6,8-9,11-12,14-15,18H,7,10,13H2,1H3. The van der Waals surface area contributed by atoms with Crippen molar-refractivity contribution in [1.82, 2.24) is 14.5 Å². The van der Waals surface area contributed by atoms with Crippen LogP contribution in [0.25, 0.3) is 22.0 Å². The molecule has 1 aromatic carbocycles. The van der Waals surface area contributed by atoms with Crippen LogP contribution < -0.4 is 10.3 Å². The molecule has 1 atom stereocenters. The number of hydrogen-bond donors (Lipinski definition) is 0. The molecule has 156 valence electrons. The molecule has 4 heterocycles. The lowest BCUT2D eigenvalue weighted by Crippen LogP contribution is -2.32. The van der Waals surface area contributed by atoms with E-state index in [2.05, 4.69) is 4.98 Å². The van der Waals surface area contributed by atoms with Gasteiger partial charge in [-0.1, -0.05) is 18.2 Å². The highest BCUT2D eigenvalue weighted by atomic mass is 32.1. The lowest BCUT2D eigenvalue weighted by molar-refractivity contribution is 0.0772. The fourth-order valence-corrected chi connectivity index (χ4v) is 4.64. The van der Waals surface area contributed by atoms with Gasteiger partial charge in [-0.05, 0) is 34.5 Å². The number of ether oxygens (including phenoxy) is 1. The van der Waals surface area contributed by atoms with Gasteiger partial charge >= 0.3 is 0 Å². The molecule has 1 unspecified atom stereocenters. The Morgan fingerprint density at radius 3 is 2.94 bits per heavy atom. The highest BCUT2D eigenvalue weighted by Crippen LogP contribution is 2.29. The number of rotatable bonds is 4. The Bertz CT molecular complexity index is 1310. The smallest absolute Gasteiger partial charge is 0.256 e. The Morgan fingerprint density at radius 1 is 1.23 bits per heavy atom. The van der Waals surface area contributed by atoms with Crippen LogP contribution in [-0.2, 0) is 7.05 Å². The number of pyridine rings is 2. The van der Waals surface area contributed by atoms with Crippen molar-refractivity contribution in [3.05, 3.63) is 81.5 Å². The van der Waals surface area contributed by atoms with Gasteiger partial charge in [0.1, 0.15) is 17.4 Å².